The molecule has 2 aromatic rings. The smallest absolute Gasteiger partial charge is 0.222 e. The van der Waals surface area contributed by atoms with E-state index in [4.69, 9.17) is 10.5 Å². The van der Waals surface area contributed by atoms with Gasteiger partial charge in [0.25, 0.3) is 0 Å². The number of halogens is 1. The Morgan fingerprint density at radius 1 is 1.07 bits per heavy atom. The van der Waals surface area contributed by atoms with Crippen molar-refractivity contribution in [3.8, 4) is 5.75 Å². The number of nitrogens with zero attached hydrogens (tertiary/aromatic N) is 1. The Bertz CT molecular complexity index is 796. The number of likely N-dealkylation sites (tertiary alicyclic amines) is 1. The first-order chi connectivity index (χ1) is 13.6. The van der Waals surface area contributed by atoms with Crippen LogP contribution in [0.3, 0.4) is 0 Å². The summed E-state index contributed by atoms with van der Waals surface area (Å²) in [5.74, 6) is 1.53. The van der Waals surface area contributed by atoms with Gasteiger partial charge in [0.15, 0.2) is 5.78 Å². The monoisotopic (exact) mass is 416 g/mol. The summed E-state index contributed by atoms with van der Waals surface area (Å²) < 4.78 is 5.68. The topological polar surface area (TPSA) is 72.6 Å². The number of Topliss-reactive ketones (excluding diaryl/α,β-unsaturated/α-hetero) is 1. The van der Waals surface area contributed by atoms with Gasteiger partial charge in [-0.15, -0.1) is 12.4 Å². The van der Waals surface area contributed by atoms with Gasteiger partial charge in [-0.05, 0) is 55.6 Å². The van der Waals surface area contributed by atoms with Crippen LogP contribution >= 0.6 is 12.4 Å². The fourth-order valence-electron chi connectivity index (χ4n) is 3.75. The lowest BCUT2D eigenvalue weighted by atomic mass is 9.89. The third kappa shape index (κ3) is 6.05. The van der Waals surface area contributed by atoms with Crippen LogP contribution in [-0.4, -0.2) is 42.8 Å². The molecule has 29 heavy (non-hydrogen) atoms. The van der Waals surface area contributed by atoms with Crippen molar-refractivity contribution in [2.75, 3.05) is 26.2 Å². The second-order valence-corrected chi connectivity index (χ2v) is 7.34. The highest BCUT2D eigenvalue weighted by Gasteiger charge is 2.34. The lowest BCUT2D eigenvalue weighted by Crippen LogP contribution is -2.29. The summed E-state index contributed by atoms with van der Waals surface area (Å²) in [6.45, 7) is 4.06. The molecule has 1 fully saturated rings. The zero-order valence-corrected chi connectivity index (χ0v) is 17.6. The van der Waals surface area contributed by atoms with Crippen molar-refractivity contribution in [3.63, 3.8) is 0 Å². The Labute approximate surface area is 178 Å². The fourth-order valence-corrected chi connectivity index (χ4v) is 3.75. The van der Waals surface area contributed by atoms with Gasteiger partial charge in [-0.3, -0.25) is 9.59 Å². The normalized spacial score (nSPS) is 18.2. The van der Waals surface area contributed by atoms with Crippen molar-refractivity contribution in [2.45, 2.75) is 25.7 Å². The van der Waals surface area contributed by atoms with Gasteiger partial charge in [0.1, 0.15) is 5.75 Å². The molecule has 2 N–H and O–H groups in total. The Balaban J connectivity index is 0.00000300. The minimum atomic E-state index is 0. The van der Waals surface area contributed by atoms with Crippen molar-refractivity contribution >= 4 is 24.1 Å². The van der Waals surface area contributed by atoms with E-state index in [1.807, 2.05) is 23.1 Å². The average molecular weight is 417 g/mol. The summed E-state index contributed by atoms with van der Waals surface area (Å²) in [4.78, 5) is 25.8. The molecule has 1 amide bonds. The van der Waals surface area contributed by atoms with Crippen LogP contribution in [0, 0.1) is 5.92 Å². The molecular weight excluding hydrogens is 388 g/mol. The number of hydrogen-bond acceptors (Lipinski definition) is 4. The molecule has 1 aliphatic heterocycles. The van der Waals surface area contributed by atoms with Gasteiger partial charge in [-0.1, -0.05) is 30.3 Å². The second kappa shape index (κ2) is 11.0. The van der Waals surface area contributed by atoms with E-state index < -0.39 is 0 Å². The standard InChI is InChI=1S/C23H28N2O3.ClH/c1-17(26)18-9-11-21(12-10-18)28-13-5-8-23(27)25-15-20(14-24)22(16-25)19-6-3-2-4-7-19;/h2-4,6-7,9-12,20,22H,5,8,13-16,24H2,1H3;1H/t20-,22+;/m1./s1. The van der Waals surface area contributed by atoms with E-state index in [2.05, 4.69) is 12.1 Å². The average Bonchev–Trinajstić information content (AvgIpc) is 3.16. The number of nitrogens with two attached hydrogens (primary N) is 1. The van der Waals surface area contributed by atoms with Crippen LogP contribution in [0.2, 0.25) is 0 Å². The van der Waals surface area contributed by atoms with Gasteiger partial charge < -0.3 is 15.4 Å². The molecule has 2 aromatic carbocycles. The molecule has 0 aromatic heterocycles. The second-order valence-electron chi connectivity index (χ2n) is 7.34. The van der Waals surface area contributed by atoms with E-state index in [0.717, 1.165) is 13.1 Å². The van der Waals surface area contributed by atoms with E-state index >= 15 is 0 Å². The zero-order valence-electron chi connectivity index (χ0n) is 16.8. The van der Waals surface area contributed by atoms with Crippen molar-refractivity contribution in [2.24, 2.45) is 11.7 Å². The van der Waals surface area contributed by atoms with Crippen LogP contribution in [0.4, 0.5) is 0 Å². The summed E-state index contributed by atoms with van der Waals surface area (Å²) in [5.41, 5.74) is 7.88. The molecule has 156 valence electrons. The van der Waals surface area contributed by atoms with E-state index in [1.54, 1.807) is 24.3 Å². The van der Waals surface area contributed by atoms with Crippen LogP contribution in [0.1, 0.15) is 41.6 Å². The van der Waals surface area contributed by atoms with Crippen LogP contribution in [0.15, 0.2) is 54.6 Å². The largest absolute Gasteiger partial charge is 0.494 e. The van der Waals surface area contributed by atoms with E-state index in [0.29, 0.717) is 49.1 Å². The first-order valence-electron chi connectivity index (χ1n) is 9.85. The first kappa shape index (κ1) is 22.9. The van der Waals surface area contributed by atoms with Crippen molar-refractivity contribution < 1.29 is 14.3 Å². The molecule has 3 rings (SSSR count). The highest BCUT2D eigenvalue weighted by Crippen LogP contribution is 2.32. The predicted molar refractivity (Wildman–Crippen MR) is 117 cm³/mol. The zero-order chi connectivity index (χ0) is 19.9. The van der Waals surface area contributed by atoms with Crippen LogP contribution in [-0.2, 0) is 4.79 Å². The number of rotatable bonds is 8. The number of carbonyl (C=O) groups excluding carboxylic acids is 2. The summed E-state index contributed by atoms with van der Waals surface area (Å²) in [6, 6.07) is 17.4. The molecule has 0 radical (unpaired) electrons. The van der Waals surface area contributed by atoms with Crippen LogP contribution < -0.4 is 10.5 Å². The Morgan fingerprint density at radius 3 is 2.38 bits per heavy atom. The molecule has 0 bridgehead atoms. The maximum absolute atomic E-state index is 12.6. The molecule has 0 unspecified atom stereocenters. The summed E-state index contributed by atoms with van der Waals surface area (Å²) in [5, 5.41) is 0. The van der Waals surface area contributed by atoms with Gasteiger partial charge in [0.2, 0.25) is 5.91 Å². The molecule has 2 atom stereocenters. The van der Waals surface area contributed by atoms with Crippen molar-refractivity contribution in [1.29, 1.82) is 0 Å². The molecule has 6 heteroatoms. The number of benzene rings is 2. The summed E-state index contributed by atoms with van der Waals surface area (Å²) in [7, 11) is 0. The van der Waals surface area contributed by atoms with Gasteiger partial charge in [-0.25, -0.2) is 0 Å². The van der Waals surface area contributed by atoms with Crippen molar-refractivity contribution in [3.05, 3.63) is 65.7 Å². The quantitative estimate of drug-likeness (QED) is 0.526. The lowest BCUT2D eigenvalue weighted by Gasteiger charge is -2.17. The number of hydrogen-bond donors (Lipinski definition) is 1. The molecule has 0 saturated carbocycles. The molecule has 1 heterocycles. The maximum atomic E-state index is 12.6. The van der Waals surface area contributed by atoms with Gasteiger partial charge in [0.05, 0.1) is 6.61 Å². The summed E-state index contributed by atoms with van der Waals surface area (Å²) in [6.07, 6.45) is 1.12. The molecule has 1 aliphatic rings. The van der Waals surface area contributed by atoms with E-state index in [-0.39, 0.29) is 24.1 Å². The SMILES string of the molecule is CC(=O)c1ccc(OCCCC(=O)N2C[C@@H](CN)[C@H](c3ccccc3)C2)cc1.Cl. The number of ketones is 1. The van der Waals surface area contributed by atoms with E-state index in [9.17, 15) is 9.59 Å². The third-order valence-electron chi connectivity index (χ3n) is 5.39. The predicted octanol–water partition coefficient (Wildman–Crippen LogP) is 3.67. The number of amides is 1. The highest BCUT2D eigenvalue weighted by atomic mass is 35.5. The van der Waals surface area contributed by atoms with Crippen LogP contribution in [0.25, 0.3) is 0 Å². The molecule has 0 aliphatic carbocycles. The lowest BCUT2D eigenvalue weighted by molar-refractivity contribution is -0.130. The molecular formula is C23H29ClN2O3. The van der Waals surface area contributed by atoms with Crippen LogP contribution in [0.5, 0.6) is 5.75 Å². The Kier molecular flexibility index (Phi) is 8.68. The fraction of sp³-hybridized carbons (Fsp3) is 0.391. The van der Waals surface area contributed by atoms with Crippen molar-refractivity contribution in [1.82, 2.24) is 4.90 Å². The highest BCUT2D eigenvalue weighted by molar-refractivity contribution is 5.94. The van der Waals surface area contributed by atoms with Gasteiger partial charge in [0, 0.05) is 31.0 Å². The summed E-state index contributed by atoms with van der Waals surface area (Å²) >= 11 is 0. The molecule has 0 spiro atoms. The molecule has 1 saturated heterocycles. The number of carbonyl (C=O) groups is 2. The van der Waals surface area contributed by atoms with Gasteiger partial charge in [-0.2, -0.15) is 0 Å². The third-order valence-corrected chi connectivity index (χ3v) is 5.39. The Morgan fingerprint density at radius 2 is 1.76 bits per heavy atom. The minimum absolute atomic E-state index is 0. The Hall–Kier alpha value is -2.37. The van der Waals surface area contributed by atoms with E-state index in [1.165, 1.54) is 12.5 Å². The number of ether oxygens (including phenoxy) is 1. The molecule has 5 nitrogen and oxygen atoms in total. The maximum Gasteiger partial charge on any atom is 0.222 e. The minimum Gasteiger partial charge on any atom is -0.494 e. The van der Waals surface area contributed by atoms with Gasteiger partial charge >= 0.3 is 0 Å². The first-order valence-corrected chi connectivity index (χ1v) is 9.85.